The van der Waals surface area contributed by atoms with Gasteiger partial charge in [0, 0.05) is 6.54 Å². The van der Waals surface area contributed by atoms with E-state index in [0.29, 0.717) is 19.4 Å². The summed E-state index contributed by atoms with van der Waals surface area (Å²) in [4.78, 5) is 0. The Morgan fingerprint density at radius 2 is 2.56 bits per heavy atom. The van der Waals surface area contributed by atoms with Crippen LogP contribution in [0.3, 0.4) is 0 Å². The van der Waals surface area contributed by atoms with Crippen LogP contribution in [0.15, 0.2) is 11.6 Å². The van der Waals surface area contributed by atoms with Gasteiger partial charge in [0.2, 0.25) is 0 Å². The molecule has 1 rings (SSSR count). The average molecular weight is 129 g/mol. The van der Waals surface area contributed by atoms with Crippen LogP contribution in [-0.4, -0.2) is 12.7 Å². The Labute approximate surface area is 54.7 Å². The lowest BCUT2D eigenvalue weighted by Gasteiger charge is -2.13. The van der Waals surface area contributed by atoms with Gasteiger partial charge in [-0.3, -0.25) is 0 Å². The SMILES string of the molecule is NCC1=CC[C@@H](F)CC1. The first-order chi connectivity index (χ1) is 4.33. The van der Waals surface area contributed by atoms with Crippen LogP contribution in [0.5, 0.6) is 0 Å². The molecule has 2 heteroatoms. The van der Waals surface area contributed by atoms with Crippen molar-refractivity contribution in [2.45, 2.75) is 25.4 Å². The molecule has 0 heterocycles. The molecule has 9 heavy (non-hydrogen) atoms. The Bertz CT molecular complexity index is 120. The zero-order chi connectivity index (χ0) is 6.69. The summed E-state index contributed by atoms with van der Waals surface area (Å²) in [5, 5.41) is 0. The molecule has 52 valence electrons. The molecule has 0 saturated heterocycles. The summed E-state index contributed by atoms with van der Waals surface area (Å²) in [5.41, 5.74) is 6.57. The van der Waals surface area contributed by atoms with E-state index in [1.165, 1.54) is 5.57 Å². The highest BCUT2D eigenvalue weighted by atomic mass is 19.1. The van der Waals surface area contributed by atoms with E-state index in [9.17, 15) is 4.39 Å². The zero-order valence-corrected chi connectivity index (χ0v) is 5.44. The highest BCUT2D eigenvalue weighted by molar-refractivity contribution is 5.07. The summed E-state index contributed by atoms with van der Waals surface area (Å²) in [6.07, 6.45) is 3.42. The van der Waals surface area contributed by atoms with Gasteiger partial charge in [0.1, 0.15) is 6.17 Å². The monoisotopic (exact) mass is 129 g/mol. The Morgan fingerprint density at radius 3 is 3.00 bits per heavy atom. The number of hydrogen-bond acceptors (Lipinski definition) is 1. The smallest absolute Gasteiger partial charge is 0.104 e. The van der Waals surface area contributed by atoms with E-state index in [1.807, 2.05) is 6.08 Å². The lowest BCUT2D eigenvalue weighted by molar-refractivity contribution is 0.307. The second-order valence-corrected chi connectivity index (χ2v) is 2.44. The topological polar surface area (TPSA) is 26.0 Å². The van der Waals surface area contributed by atoms with Crippen LogP contribution in [0.1, 0.15) is 19.3 Å². The van der Waals surface area contributed by atoms with E-state index in [0.717, 1.165) is 6.42 Å². The predicted molar refractivity (Wildman–Crippen MR) is 35.9 cm³/mol. The summed E-state index contributed by atoms with van der Waals surface area (Å²) in [6.45, 7) is 0.604. The lowest BCUT2D eigenvalue weighted by Crippen LogP contribution is -2.11. The van der Waals surface area contributed by atoms with Gasteiger partial charge in [-0.2, -0.15) is 0 Å². The minimum absolute atomic E-state index is 0.576. The third-order valence-electron chi connectivity index (χ3n) is 1.70. The third kappa shape index (κ3) is 1.79. The zero-order valence-electron chi connectivity index (χ0n) is 5.44. The highest BCUT2D eigenvalue weighted by Gasteiger charge is 2.10. The minimum Gasteiger partial charge on any atom is -0.327 e. The molecular formula is C7H12FN. The minimum atomic E-state index is -0.611. The van der Waals surface area contributed by atoms with Gasteiger partial charge in [-0.15, -0.1) is 0 Å². The van der Waals surface area contributed by atoms with Gasteiger partial charge in [-0.05, 0) is 19.3 Å². The molecule has 0 bridgehead atoms. The van der Waals surface area contributed by atoms with Crippen molar-refractivity contribution in [2.75, 3.05) is 6.54 Å². The molecule has 0 spiro atoms. The normalized spacial score (nSPS) is 27.8. The number of rotatable bonds is 1. The molecule has 0 radical (unpaired) electrons. The number of alkyl halides is 1. The molecule has 0 fully saturated rings. The summed E-state index contributed by atoms with van der Waals surface area (Å²) >= 11 is 0. The number of hydrogen-bond donors (Lipinski definition) is 1. The fraction of sp³-hybridized carbons (Fsp3) is 0.714. The van der Waals surface area contributed by atoms with E-state index in [-0.39, 0.29) is 0 Å². The van der Waals surface area contributed by atoms with E-state index in [4.69, 9.17) is 5.73 Å². The Kier molecular flexibility index (Phi) is 2.22. The maximum Gasteiger partial charge on any atom is 0.104 e. The van der Waals surface area contributed by atoms with E-state index in [1.54, 1.807) is 0 Å². The predicted octanol–water partition coefficient (Wildman–Crippen LogP) is 1.39. The molecule has 0 saturated carbocycles. The van der Waals surface area contributed by atoms with Crippen LogP contribution in [0.25, 0.3) is 0 Å². The van der Waals surface area contributed by atoms with Gasteiger partial charge in [0.05, 0.1) is 0 Å². The van der Waals surface area contributed by atoms with Gasteiger partial charge in [-0.25, -0.2) is 4.39 Å². The molecule has 0 aromatic heterocycles. The van der Waals surface area contributed by atoms with Gasteiger partial charge in [-0.1, -0.05) is 11.6 Å². The summed E-state index contributed by atoms with van der Waals surface area (Å²) in [7, 11) is 0. The van der Waals surface area contributed by atoms with Crippen molar-refractivity contribution in [3.8, 4) is 0 Å². The maximum atomic E-state index is 12.4. The number of nitrogens with two attached hydrogens (primary N) is 1. The van der Waals surface area contributed by atoms with Crippen LogP contribution in [-0.2, 0) is 0 Å². The molecule has 1 nitrogen and oxygen atoms in total. The first-order valence-corrected chi connectivity index (χ1v) is 3.35. The molecule has 1 aliphatic rings. The Morgan fingerprint density at radius 1 is 1.78 bits per heavy atom. The quantitative estimate of drug-likeness (QED) is 0.532. The molecule has 0 amide bonds. The summed E-state index contributed by atoms with van der Waals surface area (Å²) in [5.74, 6) is 0. The van der Waals surface area contributed by atoms with Crippen LogP contribution in [0, 0.1) is 0 Å². The first-order valence-electron chi connectivity index (χ1n) is 3.35. The molecule has 0 unspecified atom stereocenters. The van der Waals surface area contributed by atoms with E-state index >= 15 is 0 Å². The van der Waals surface area contributed by atoms with Gasteiger partial charge in [0.25, 0.3) is 0 Å². The Hall–Kier alpha value is -0.370. The van der Waals surface area contributed by atoms with Crippen molar-refractivity contribution in [3.63, 3.8) is 0 Å². The molecule has 2 N–H and O–H groups in total. The second-order valence-electron chi connectivity index (χ2n) is 2.44. The molecule has 0 aromatic rings. The van der Waals surface area contributed by atoms with Gasteiger partial charge in [0.15, 0.2) is 0 Å². The maximum absolute atomic E-state index is 12.4. The largest absolute Gasteiger partial charge is 0.327 e. The first kappa shape index (κ1) is 6.75. The molecule has 0 aromatic carbocycles. The second kappa shape index (κ2) is 2.97. The fourth-order valence-corrected chi connectivity index (χ4v) is 1.04. The molecule has 1 aliphatic carbocycles. The van der Waals surface area contributed by atoms with Crippen molar-refractivity contribution >= 4 is 0 Å². The third-order valence-corrected chi connectivity index (χ3v) is 1.70. The van der Waals surface area contributed by atoms with E-state index < -0.39 is 6.17 Å². The fourth-order valence-electron chi connectivity index (χ4n) is 1.04. The molecular weight excluding hydrogens is 117 g/mol. The Balaban J connectivity index is 2.40. The van der Waals surface area contributed by atoms with Gasteiger partial charge >= 0.3 is 0 Å². The van der Waals surface area contributed by atoms with E-state index in [2.05, 4.69) is 0 Å². The van der Waals surface area contributed by atoms with Crippen molar-refractivity contribution in [1.29, 1.82) is 0 Å². The lowest BCUT2D eigenvalue weighted by atomic mass is 9.98. The molecule has 1 atom stereocenters. The van der Waals surface area contributed by atoms with Gasteiger partial charge < -0.3 is 5.73 Å². The molecule has 0 aliphatic heterocycles. The van der Waals surface area contributed by atoms with Crippen molar-refractivity contribution in [3.05, 3.63) is 11.6 Å². The summed E-state index contributed by atoms with van der Waals surface area (Å²) in [6, 6.07) is 0. The van der Waals surface area contributed by atoms with Crippen LogP contribution < -0.4 is 5.73 Å². The van der Waals surface area contributed by atoms with Crippen LogP contribution >= 0.6 is 0 Å². The standard InChI is InChI=1S/C7H12FN/c8-7-3-1-6(5-9)2-4-7/h1,7H,2-5,9H2/t7-/m1/s1. The van der Waals surface area contributed by atoms with Crippen LogP contribution in [0.4, 0.5) is 4.39 Å². The number of allylic oxidation sites excluding steroid dienone is 1. The number of halogens is 1. The average Bonchev–Trinajstić information content (AvgIpc) is 1.90. The van der Waals surface area contributed by atoms with Crippen molar-refractivity contribution < 1.29 is 4.39 Å². The highest BCUT2D eigenvalue weighted by Crippen LogP contribution is 2.18. The van der Waals surface area contributed by atoms with Crippen molar-refractivity contribution in [2.24, 2.45) is 5.73 Å². The van der Waals surface area contributed by atoms with Crippen LogP contribution in [0.2, 0.25) is 0 Å². The van der Waals surface area contributed by atoms with Crippen molar-refractivity contribution in [1.82, 2.24) is 0 Å². The summed E-state index contributed by atoms with van der Waals surface area (Å²) < 4.78 is 12.4.